The highest BCUT2D eigenvalue weighted by atomic mass is 16.3. The maximum Gasteiger partial charge on any atom is 0.259 e. The normalized spacial score (nSPS) is 19.2. The first-order chi connectivity index (χ1) is 9.97. The summed E-state index contributed by atoms with van der Waals surface area (Å²) in [6, 6.07) is 1.94. The van der Waals surface area contributed by atoms with Crippen molar-refractivity contribution in [2.24, 2.45) is 0 Å². The Balaban J connectivity index is 2.07. The molecule has 1 unspecified atom stereocenters. The zero-order chi connectivity index (χ0) is 15.1. The van der Waals surface area contributed by atoms with Gasteiger partial charge >= 0.3 is 0 Å². The molecule has 0 saturated carbocycles. The van der Waals surface area contributed by atoms with Crippen LogP contribution in [0, 0.1) is 20.8 Å². The number of amides is 1. The van der Waals surface area contributed by atoms with Gasteiger partial charge in [-0.2, -0.15) is 5.10 Å². The van der Waals surface area contributed by atoms with Crippen LogP contribution in [0.3, 0.4) is 0 Å². The Kier molecular flexibility index (Phi) is 3.41. The van der Waals surface area contributed by atoms with Gasteiger partial charge in [0.05, 0.1) is 11.8 Å². The number of hydrogen-bond acceptors (Lipinski definition) is 4. The zero-order valence-corrected chi connectivity index (χ0v) is 12.6. The van der Waals surface area contributed by atoms with Crippen molar-refractivity contribution in [2.75, 3.05) is 13.1 Å². The average molecular weight is 288 g/mol. The standard InChI is InChI=1S/C15H20N4O2/c1-9-7-10(2)19-14(16-9)13(11(3)17-19)15(21)18-6-4-5-12(20)8-18/h7,12,20H,4-6,8H2,1-3H3. The van der Waals surface area contributed by atoms with Crippen molar-refractivity contribution in [3.63, 3.8) is 0 Å². The van der Waals surface area contributed by atoms with Gasteiger partial charge in [-0.05, 0) is 39.7 Å². The summed E-state index contributed by atoms with van der Waals surface area (Å²) in [5, 5.41) is 14.2. The smallest absolute Gasteiger partial charge is 0.259 e. The van der Waals surface area contributed by atoms with E-state index in [4.69, 9.17) is 0 Å². The number of hydrogen-bond donors (Lipinski definition) is 1. The Morgan fingerprint density at radius 2 is 2.14 bits per heavy atom. The van der Waals surface area contributed by atoms with E-state index in [0.717, 1.165) is 24.2 Å². The lowest BCUT2D eigenvalue weighted by Crippen LogP contribution is -2.42. The van der Waals surface area contributed by atoms with Crippen molar-refractivity contribution in [3.05, 3.63) is 28.7 Å². The van der Waals surface area contributed by atoms with Crippen molar-refractivity contribution in [1.29, 1.82) is 0 Å². The van der Waals surface area contributed by atoms with E-state index < -0.39 is 6.10 Å². The highest BCUT2D eigenvalue weighted by Gasteiger charge is 2.28. The molecule has 3 rings (SSSR count). The average Bonchev–Trinajstić information content (AvgIpc) is 2.74. The van der Waals surface area contributed by atoms with Gasteiger partial charge in [0, 0.05) is 24.5 Å². The maximum absolute atomic E-state index is 12.8. The van der Waals surface area contributed by atoms with Crippen LogP contribution in [0.1, 0.15) is 40.3 Å². The Labute approximate surface area is 123 Å². The van der Waals surface area contributed by atoms with Gasteiger partial charge < -0.3 is 10.0 Å². The van der Waals surface area contributed by atoms with Gasteiger partial charge in [-0.15, -0.1) is 0 Å². The molecule has 1 saturated heterocycles. The van der Waals surface area contributed by atoms with Gasteiger partial charge in [0.1, 0.15) is 5.56 Å². The van der Waals surface area contributed by atoms with E-state index in [9.17, 15) is 9.90 Å². The molecule has 0 spiro atoms. The van der Waals surface area contributed by atoms with E-state index >= 15 is 0 Å². The summed E-state index contributed by atoms with van der Waals surface area (Å²) in [4.78, 5) is 19.0. The van der Waals surface area contributed by atoms with Gasteiger partial charge in [-0.25, -0.2) is 9.50 Å². The molecule has 1 aliphatic heterocycles. The second-order valence-corrected chi connectivity index (χ2v) is 5.78. The molecule has 0 aromatic carbocycles. The van der Waals surface area contributed by atoms with E-state index in [-0.39, 0.29) is 5.91 Å². The van der Waals surface area contributed by atoms with Crippen LogP contribution in [0.4, 0.5) is 0 Å². The van der Waals surface area contributed by atoms with Crippen LogP contribution in [0.5, 0.6) is 0 Å². The molecular weight excluding hydrogens is 268 g/mol. The van der Waals surface area contributed by atoms with Gasteiger partial charge in [0.15, 0.2) is 5.65 Å². The lowest BCUT2D eigenvalue weighted by atomic mass is 10.1. The Hall–Kier alpha value is -1.95. The van der Waals surface area contributed by atoms with Gasteiger partial charge in [0.25, 0.3) is 5.91 Å². The first-order valence-corrected chi connectivity index (χ1v) is 7.28. The number of aliphatic hydroxyl groups excluding tert-OH is 1. The third-order valence-corrected chi connectivity index (χ3v) is 3.97. The Morgan fingerprint density at radius 1 is 1.38 bits per heavy atom. The number of aryl methyl sites for hydroxylation is 3. The van der Waals surface area contributed by atoms with Crippen LogP contribution in [-0.2, 0) is 0 Å². The predicted molar refractivity (Wildman–Crippen MR) is 78.3 cm³/mol. The molecule has 0 aliphatic carbocycles. The zero-order valence-electron chi connectivity index (χ0n) is 12.6. The number of β-amino-alcohol motifs (C(OH)–C–C–N with tert-alkyl or cyclic N) is 1. The summed E-state index contributed by atoms with van der Waals surface area (Å²) in [6.07, 6.45) is 1.16. The fourth-order valence-electron chi connectivity index (χ4n) is 2.97. The number of piperidine rings is 1. The molecule has 0 bridgehead atoms. The van der Waals surface area contributed by atoms with Crippen LogP contribution in [0.25, 0.3) is 5.65 Å². The van der Waals surface area contributed by atoms with E-state index in [1.807, 2.05) is 26.8 Å². The summed E-state index contributed by atoms with van der Waals surface area (Å²) >= 11 is 0. The lowest BCUT2D eigenvalue weighted by molar-refractivity contribution is 0.0474. The minimum Gasteiger partial charge on any atom is -0.391 e. The molecule has 2 aromatic heterocycles. The molecular formula is C15H20N4O2. The minimum atomic E-state index is -0.429. The summed E-state index contributed by atoms with van der Waals surface area (Å²) in [6.45, 7) is 6.76. The SMILES string of the molecule is Cc1cc(C)n2nc(C)c(C(=O)N3CCCC(O)C3)c2n1. The molecule has 1 amide bonds. The van der Waals surface area contributed by atoms with Gasteiger partial charge in [0.2, 0.25) is 0 Å². The van der Waals surface area contributed by atoms with Crippen LogP contribution >= 0.6 is 0 Å². The molecule has 6 heteroatoms. The van der Waals surface area contributed by atoms with Crippen molar-refractivity contribution >= 4 is 11.6 Å². The van der Waals surface area contributed by atoms with Crippen molar-refractivity contribution in [2.45, 2.75) is 39.7 Å². The number of likely N-dealkylation sites (tertiary alicyclic amines) is 1. The maximum atomic E-state index is 12.8. The van der Waals surface area contributed by atoms with E-state index in [1.54, 1.807) is 9.42 Å². The van der Waals surface area contributed by atoms with Crippen LogP contribution in [-0.4, -0.2) is 49.7 Å². The number of nitrogens with zero attached hydrogens (tertiary/aromatic N) is 4. The third kappa shape index (κ3) is 2.40. The largest absolute Gasteiger partial charge is 0.391 e. The first kappa shape index (κ1) is 14.0. The molecule has 2 aromatic rings. The van der Waals surface area contributed by atoms with E-state index in [1.165, 1.54) is 0 Å². The number of rotatable bonds is 1. The van der Waals surface area contributed by atoms with Crippen LogP contribution in [0.15, 0.2) is 6.07 Å². The van der Waals surface area contributed by atoms with Crippen LogP contribution in [0.2, 0.25) is 0 Å². The second kappa shape index (κ2) is 5.11. The molecule has 21 heavy (non-hydrogen) atoms. The molecule has 0 radical (unpaired) electrons. The molecule has 1 aliphatic rings. The topological polar surface area (TPSA) is 70.7 Å². The number of fused-ring (bicyclic) bond motifs is 1. The fourth-order valence-corrected chi connectivity index (χ4v) is 2.97. The molecule has 6 nitrogen and oxygen atoms in total. The van der Waals surface area contributed by atoms with Gasteiger partial charge in [-0.3, -0.25) is 4.79 Å². The number of carbonyl (C=O) groups is 1. The Bertz CT molecular complexity index is 707. The molecule has 1 atom stereocenters. The minimum absolute atomic E-state index is 0.0845. The van der Waals surface area contributed by atoms with Crippen molar-refractivity contribution < 1.29 is 9.90 Å². The lowest BCUT2D eigenvalue weighted by Gasteiger charge is -2.30. The highest BCUT2D eigenvalue weighted by Crippen LogP contribution is 2.20. The number of aromatic nitrogens is 3. The number of aliphatic hydroxyl groups is 1. The molecule has 112 valence electrons. The monoisotopic (exact) mass is 288 g/mol. The fraction of sp³-hybridized carbons (Fsp3) is 0.533. The predicted octanol–water partition coefficient (Wildman–Crippen LogP) is 1.25. The van der Waals surface area contributed by atoms with E-state index in [0.29, 0.717) is 30.0 Å². The number of carbonyl (C=O) groups excluding carboxylic acids is 1. The second-order valence-electron chi connectivity index (χ2n) is 5.78. The summed E-state index contributed by atoms with van der Waals surface area (Å²) in [7, 11) is 0. The van der Waals surface area contributed by atoms with Gasteiger partial charge in [-0.1, -0.05) is 0 Å². The third-order valence-electron chi connectivity index (χ3n) is 3.97. The van der Waals surface area contributed by atoms with Crippen molar-refractivity contribution in [1.82, 2.24) is 19.5 Å². The quantitative estimate of drug-likeness (QED) is 0.857. The van der Waals surface area contributed by atoms with E-state index in [2.05, 4.69) is 10.1 Å². The molecule has 3 heterocycles. The first-order valence-electron chi connectivity index (χ1n) is 7.28. The van der Waals surface area contributed by atoms with Crippen molar-refractivity contribution in [3.8, 4) is 0 Å². The highest BCUT2D eigenvalue weighted by molar-refractivity contribution is 6.01. The molecule has 1 fully saturated rings. The summed E-state index contributed by atoms with van der Waals surface area (Å²) in [5.74, 6) is -0.0845. The Morgan fingerprint density at radius 3 is 2.86 bits per heavy atom. The molecule has 1 N–H and O–H groups in total. The summed E-state index contributed by atoms with van der Waals surface area (Å²) in [5.41, 5.74) is 3.66. The van der Waals surface area contributed by atoms with Crippen LogP contribution < -0.4 is 0 Å². The summed E-state index contributed by atoms with van der Waals surface area (Å²) < 4.78 is 1.72.